The standard InChI is InChI=1S/C8H9BrN2OS/c1-5(9)3-10-8(12)7-4-13-11-6(7)2/h4H,1,3H2,2H3,(H,10,12). The summed E-state index contributed by atoms with van der Waals surface area (Å²) in [6, 6.07) is 0. The van der Waals surface area contributed by atoms with Crippen LogP contribution in [0.1, 0.15) is 16.1 Å². The summed E-state index contributed by atoms with van der Waals surface area (Å²) in [4.78, 5) is 11.4. The van der Waals surface area contributed by atoms with Gasteiger partial charge in [0.25, 0.3) is 5.91 Å². The lowest BCUT2D eigenvalue weighted by molar-refractivity contribution is 0.0957. The molecule has 0 atom stereocenters. The van der Waals surface area contributed by atoms with Gasteiger partial charge in [-0.3, -0.25) is 4.79 Å². The van der Waals surface area contributed by atoms with Crippen molar-refractivity contribution in [2.24, 2.45) is 0 Å². The second-order valence-corrected chi connectivity index (χ2v) is 4.26. The summed E-state index contributed by atoms with van der Waals surface area (Å²) in [5.41, 5.74) is 1.40. The summed E-state index contributed by atoms with van der Waals surface area (Å²) in [6.07, 6.45) is 0. The fraction of sp³-hybridized carbons (Fsp3) is 0.250. The Bertz CT molecular complexity index is 335. The van der Waals surface area contributed by atoms with E-state index in [0.717, 1.165) is 10.2 Å². The summed E-state index contributed by atoms with van der Waals surface area (Å²) in [5.74, 6) is -0.105. The third-order valence-electron chi connectivity index (χ3n) is 1.44. The molecular formula is C8H9BrN2OS. The number of hydrogen-bond donors (Lipinski definition) is 1. The summed E-state index contributed by atoms with van der Waals surface area (Å²) in [6.45, 7) is 5.87. The number of aryl methyl sites for hydroxylation is 1. The molecule has 0 unspecified atom stereocenters. The summed E-state index contributed by atoms with van der Waals surface area (Å²) < 4.78 is 4.76. The van der Waals surface area contributed by atoms with Crippen molar-refractivity contribution in [3.63, 3.8) is 0 Å². The predicted octanol–water partition coefficient (Wildman–Crippen LogP) is 2.09. The summed E-state index contributed by atoms with van der Waals surface area (Å²) >= 11 is 4.45. The molecule has 0 spiro atoms. The molecule has 0 aliphatic carbocycles. The molecule has 0 saturated carbocycles. The zero-order valence-electron chi connectivity index (χ0n) is 7.13. The van der Waals surface area contributed by atoms with Crippen LogP contribution in [-0.2, 0) is 0 Å². The van der Waals surface area contributed by atoms with Crippen LogP contribution in [-0.4, -0.2) is 16.8 Å². The number of aromatic nitrogens is 1. The number of carbonyl (C=O) groups is 1. The van der Waals surface area contributed by atoms with E-state index in [4.69, 9.17) is 0 Å². The Morgan fingerprint density at radius 1 is 1.85 bits per heavy atom. The van der Waals surface area contributed by atoms with Gasteiger partial charge < -0.3 is 5.32 Å². The van der Waals surface area contributed by atoms with Gasteiger partial charge in [0.1, 0.15) is 0 Å². The van der Waals surface area contributed by atoms with E-state index in [1.165, 1.54) is 11.5 Å². The SMILES string of the molecule is C=C(Br)CNC(=O)c1csnc1C. The van der Waals surface area contributed by atoms with Crippen molar-refractivity contribution < 1.29 is 4.79 Å². The largest absolute Gasteiger partial charge is 0.347 e. The van der Waals surface area contributed by atoms with Crippen LogP contribution in [0.4, 0.5) is 0 Å². The molecular weight excluding hydrogens is 252 g/mol. The van der Waals surface area contributed by atoms with Crippen LogP contribution in [0.25, 0.3) is 0 Å². The van der Waals surface area contributed by atoms with E-state index in [-0.39, 0.29) is 5.91 Å². The second-order valence-electron chi connectivity index (χ2n) is 2.51. The minimum absolute atomic E-state index is 0.105. The van der Waals surface area contributed by atoms with E-state index in [0.29, 0.717) is 12.1 Å². The maximum Gasteiger partial charge on any atom is 0.254 e. The molecule has 1 aromatic rings. The molecule has 1 aromatic heterocycles. The minimum Gasteiger partial charge on any atom is -0.347 e. The lowest BCUT2D eigenvalue weighted by Gasteiger charge is -2.01. The summed E-state index contributed by atoms with van der Waals surface area (Å²) in [7, 11) is 0. The van der Waals surface area contributed by atoms with Gasteiger partial charge in [-0.05, 0) is 18.5 Å². The summed E-state index contributed by atoms with van der Waals surface area (Å²) in [5, 5.41) is 4.44. The Morgan fingerprint density at radius 3 is 3.00 bits per heavy atom. The van der Waals surface area contributed by atoms with Crippen LogP contribution in [0, 0.1) is 6.92 Å². The van der Waals surface area contributed by atoms with Gasteiger partial charge in [0, 0.05) is 16.4 Å². The number of carbonyl (C=O) groups excluding carboxylic acids is 1. The number of hydrogen-bond acceptors (Lipinski definition) is 3. The van der Waals surface area contributed by atoms with Crippen LogP contribution >= 0.6 is 27.5 Å². The molecule has 0 bridgehead atoms. The van der Waals surface area contributed by atoms with Gasteiger partial charge >= 0.3 is 0 Å². The lowest BCUT2D eigenvalue weighted by Crippen LogP contribution is -2.24. The molecule has 1 heterocycles. The number of nitrogens with zero attached hydrogens (tertiary/aromatic N) is 1. The van der Waals surface area contributed by atoms with Crippen molar-refractivity contribution in [3.8, 4) is 0 Å². The Hall–Kier alpha value is -0.680. The minimum atomic E-state index is -0.105. The number of halogens is 1. The molecule has 13 heavy (non-hydrogen) atoms. The van der Waals surface area contributed by atoms with Crippen molar-refractivity contribution in [2.75, 3.05) is 6.54 Å². The van der Waals surface area contributed by atoms with Gasteiger partial charge in [-0.25, -0.2) is 0 Å². The Kier molecular flexibility index (Phi) is 3.62. The highest BCUT2D eigenvalue weighted by atomic mass is 79.9. The van der Waals surface area contributed by atoms with E-state index >= 15 is 0 Å². The zero-order valence-corrected chi connectivity index (χ0v) is 9.54. The third kappa shape index (κ3) is 2.93. The van der Waals surface area contributed by atoms with Crippen molar-refractivity contribution in [1.82, 2.24) is 9.69 Å². The van der Waals surface area contributed by atoms with E-state index < -0.39 is 0 Å². The molecule has 1 rings (SSSR count). The normalized spacial score (nSPS) is 9.69. The first-order valence-corrected chi connectivity index (χ1v) is 5.26. The topological polar surface area (TPSA) is 42.0 Å². The Labute approximate surface area is 89.1 Å². The molecule has 0 aliphatic heterocycles. The number of rotatable bonds is 3. The van der Waals surface area contributed by atoms with Gasteiger partial charge in [-0.2, -0.15) is 4.37 Å². The van der Waals surface area contributed by atoms with E-state index in [1.807, 2.05) is 6.92 Å². The third-order valence-corrected chi connectivity index (χ3v) is 2.44. The second kappa shape index (κ2) is 4.53. The predicted molar refractivity (Wildman–Crippen MR) is 57.3 cm³/mol. The zero-order chi connectivity index (χ0) is 9.84. The molecule has 0 aliphatic rings. The molecule has 5 heteroatoms. The van der Waals surface area contributed by atoms with Gasteiger partial charge in [0.15, 0.2) is 0 Å². The first-order chi connectivity index (χ1) is 6.11. The van der Waals surface area contributed by atoms with Gasteiger partial charge in [0.2, 0.25) is 0 Å². The van der Waals surface area contributed by atoms with Crippen LogP contribution in [0.3, 0.4) is 0 Å². The highest BCUT2D eigenvalue weighted by Gasteiger charge is 2.09. The van der Waals surface area contributed by atoms with E-state index in [2.05, 4.69) is 32.2 Å². The molecule has 0 aromatic carbocycles. The highest BCUT2D eigenvalue weighted by molar-refractivity contribution is 9.11. The quantitative estimate of drug-likeness (QED) is 0.905. The van der Waals surface area contributed by atoms with Crippen LogP contribution < -0.4 is 5.32 Å². The highest BCUT2D eigenvalue weighted by Crippen LogP contribution is 2.09. The molecule has 3 nitrogen and oxygen atoms in total. The maximum atomic E-state index is 11.4. The molecule has 70 valence electrons. The maximum absolute atomic E-state index is 11.4. The Morgan fingerprint density at radius 2 is 2.54 bits per heavy atom. The van der Waals surface area contributed by atoms with Crippen LogP contribution in [0.15, 0.2) is 16.4 Å². The van der Waals surface area contributed by atoms with Crippen molar-refractivity contribution in [3.05, 3.63) is 27.7 Å². The number of amides is 1. The smallest absolute Gasteiger partial charge is 0.254 e. The van der Waals surface area contributed by atoms with Crippen LogP contribution in [0.2, 0.25) is 0 Å². The molecule has 0 fully saturated rings. The monoisotopic (exact) mass is 260 g/mol. The van der Waals surface area contributed by atoms with Crippen molar-refractivity contribution >= 4 is 33.4 Å². The van der Waals surface area contributed by atoms with E-state index in [1.54, 1.807) is 5.38 Å². The fourth-order valence-corrected chi connectivity index (χ4v) is 1.61. The first-order valence-electron chi connectivity index (χ1n) is 3.63. The van der Waals surface area contributed by atoms with Crippen molar-refractivity contribution in [1.29, 1.82) is 0 Å². The van der Waals surface area contributed by atoms with Gasteiger partial charge in [-0.15, -0.1) is 0 Å². The Balaban J connectivity index is 2.59. The molecule has 0 saturated heterocycles. The van der Waals surface area contributed by atoms with Gasteiger partial charge in [0.05, 0.1) is 11.3 Å². The van der Waals surface area contributed by atoms with E-state index in [9.17, 15) is 4.79 Å². The average molecular weight is 261 g/mol. The molecule has 1 amide bonds. The van der Waals surface area contributed by atoms with Crippen molar-refractivity contribution in [2.45, 2.75) is 6.92 Å². The first kappa shape index (κ1) is 10.4. The molecule has 0 radical (unpaired) electrons. The average Bonchev–Trinajstić information content (AvgIpc) is 2.47. The lowest BCUT2D eigenvalue weighted by atomic mass is 10.2. The van der Waals surface area contributed by atoms with Crippen LogP contribution in [0.5, 0.6) is 0 Å². The molecule has 1 N–H and O–H groups in total. The van der Waals surface area contributed by atoms with Gasteiger partial charge in [-0.1, -0.05) is 22.5 Å². The fourth-order valence-electron chi connectivity index (χ4n) is 0.782. The number of nitrogens with one attached hydrogen (secondary N) is 1.